The number of esters is 1. The van der Waals surface area contributed by atoms with Crippen LogP contribution in [0.25, 0.3) is 0 Å². The second-order valence-electron chi connectivity index (χ2n) is 4.97. The second-order valence-corrected chi connectivity index (χ2v) is 6.54. The van der Waals surface area contributed by atoms with Gasteiger partial charge in [-0.15, -0.1) is 0 Å². The zero-order valence-corrected chi connectivity index (χ0v) is 14.3. The van der Waals surface area contributed by atoms with Crippen LogP contribution in [-0.2, 0) is 19.6 Å². The van der Waals surface area contributed by atoms with E-state index in [1.165, 1.54) is 13.2 Å². The molecule has 1 atom stereocenters. The molecule has 0 fully saturated rings. The summed E-state index contributed by atoms with van der Waals surface area (Å²) in [5.41, 5.74) is 0.195. The Morgan fingerprint density at radius 3 is 2.54 bits per heavy atom. The monoisotopic (exact) mass is 359 g/mol. The van der Waals surface area contributed by atoms with Crippen molar-refractivity contribution >= 4 is 22.0 Å². The van der Waals surface area contributed by atoms with Crippen LogP contribution in [0.3, 0.4) is 0 Å². The summed E-state index contributed by atoms with van der Waals surface area (Å²) in [5, 5.41) is 2.42. The number of rotatable bonds is 9. The number of carbonyl (C=O) groups excluding carboxylic acids is 2. The van der Waals surface area contributed by atoms with Crippen LogP contribution in [0.5, 0.6) is 5.75 Å². The highest BCUT2D eigenvalue weighted by Gasteiger charge is 2.25. The number of amides is 1. The third-order valence-electron chi connectivity index (χ3n) is 3.05. The smallest absolute Gasteiger partial charge is 0.328 e. The molecule has 0 bridgehead atoms. The van der Waals surface area contributed by atoms with Gasteiger partial charge in [-0.05, 0) is 25.0 Å². The minimum atomic E-state index is -4.27. The summed E-state index contributed by atoms with van der Waals surface area (Å²) in [6, 6.07) is 5.19. The fourth-order valence-electron chi connectivity index (χ4n) is 1.89. The van der Waals surface area contributed by atoms with Gasteiger partial charge in [-0.1, -0.05) is 19.1 Å². The Balaban J connectivity index is 2.89. The molecular weight excluding hydrogens is 338 g/mol. The zero-order chi connectivity index (χ0) is 18.2. The van der Waals surface area contributed by atoms with Crippen molar-refractivity contribution in [2.45, 2.75) is 25.8 Å². The molecule has 2 N–H and O–H groups in total. The standard InChI is InChI=1S/C15H21NO7S/c1-3-9-23-15(18)12(8-10-24(19,20)21)16-14(17)11-6-4-5-7-13(11)22-2/h4-7,12H,3,8-10H2,1-2H3,(H,16,17)(H,19,20,21)/t12-/m0/s1. The average Bonchev–Trinajstić information content (AvgIpc) is 2.55. The van der Waals surface area contributed by atoms with Crippen LogP contribution in [0.15, 0.2) is 24.3 Å². The Morgan fingerprint density at radius 1 is 1.29 bits per heavy atom. The van der Waals surface area contributed by atoms with Gasteiger partial charge in [-0.3, -0.25) is 9.35 Å². The zero-order valence-electron chi connectivity index (χ0n) is 13.5. The predicted octanol–water partition coefficient (Wildman–Crippen LogP) is 1.02. The molecular formula is C15H21NO7S. The maximum atomic E-state index is 12.3. The highest BCUT2D eigenvalue weighted by Crippen LogP contribution is 2.17. The van der Waals surface area contributed by atoms with Gasteiger partial charge < -0.3 is 14.8 Å². The van der Waals surface area contributed by atoms with E-state index in [1.807, 2.05) is 0 Å². The Kier molecular flexibility index (Phi) is 7.66. The van der Waals surface area contributed by atoms with E-state index in [4.69, 9.17) is 14.0 Å². The first-order valence-electron chi connectivity index (χ1n) is 7.34. The summed E-state index contributed by atoms with van der Waals surface area (Å²) in [6.07, 6.45) is 0.277. The van der Waals surface area contributed by atoms with Crippen molar-refractivity contribution in [1.82, 2.24) is 5.32 Å². The lowest BCUT2D eigenvalue weighted by atomic mass is 10.1. The van der Waals surface area contributed by atoms with Crippen molar-refractivity contribution in [3.63, 3.8) is 0 Å². The lowest BCUT2D eigenvalue weighted by Gasteiger charge is -2.18. The molecule has 0 radical (unpaired) electrons. The van der Waals surface area contributed by atoms with E-state index in [1.54, 1.807) is 25.1 Å². The van der Waals surface area contributed by atoms with Crippen LogP contribution in [0.1, 0.15) is 30.1 Å². The maximum absolute atomic E-state index is 12.3. The molecule has 24 heavy (non-hydrogen) atoms. The highest BCUT2D eigenvalue weighted by atomic mass is 32.2. The van der Waals surface area contributed by atoms with Crippen LogP contribution in [-0.4, -0.2) is 50.4 Å². The molecule has 8 nitrogen and oxygen atoms in total. The summed E-state index contributed by atoms with van der Waals surface area (Å²) >= 11 is 0. The van der Waals surface area contributed by atoms with Gasteiger partial charge in [0.25, 0.3) is 16.0 Å². The Bertz CT molecular complexity index is 672. The minimum Gasteiger partial charge on any atom is -0.496 e. The van der Waals surface area contributed by atoms with Crippen molar-refractivity contribution in [2.75, 3.05) is 19.5 Å². The van der Waals surface area contributed by atoms with E-state index < -0.39 is 33.8 Å². The molecule has 1 aromatic carbocycles. The van der Waals surface area contributed by atoms with Gasteiger partial charge in [0.05, 0.1) is 25.0 Å². The minimum absolute atomic E-state index is 0.145. The van der Waals surface area contributed by atoms with Gasteiger partial charge >= 0.3 is 5.97 Å². The van der Waals surface area contributed by atoms with E-state index in [2.05, 4.69) is 5.32 Å². The number of benzene rings is 1. The van der Waals surface area contributed by atoms with Crippen LogP contribution in [0.4, 0.5) is 0 Å². The summed E-state index contributed by atoms with van der Waals surface area (Å²) < 4.78 is 40.7. The number of carbonyl (C=O) groups is 2. The van der Waals surface area contributed by atoms with Crippen molar-refractivity contribution in [3.8, 4) is 5.75 Å². The molecule has 1 rings (SSSR count). The first-order chi connectivity index (χ1) is 11.3. The van der Waals surface area contributed by atoms with Gasteiger partial charge in [-0.25, -0.2) is 4.79 Å². The third kappa shape index (κ3) is 6.55. The van der Waals surface area contributed by atoms with Gasteiger partial charge in [0.15, 0.2) is 0 Å². The van der Waals surface area contributed by atoms with Gasteiger partial charge in [0.2, 0.25) is 0 Å². The number of hydrogen-bond donors (Lipinski definition) is 2. The van der Waals surface area contributed by atoms with Crippen LogP contribution >= 0.6 is 0 Å². The molecule has 0 aliphatic heterocycles. The van der Waals surface area contributed by atoms with Crippen molar-refractivity contribution in [2.24, 2.45) is 0 Å². The third-order valence-corrected chi connectivity index (χ3v) is 3.81. The fraction of sp³-hybridized carbons (Fsp3) is 0.467. The number of nitrogens with one attached hydrogen (secondary N) is 1. The maximum Gasteiger partial charge on any atom is 0.328 e. The van der Waals surface area contributed by atoms with Gasteiger partial charge in [0.1, 0.15) is 11.8 Å². The summed E-state index contributed by atoms with van der Waals surface area (Å²) in [5.74, 6) is -1.74. The molecule has 0 aliphatic rings. The quantitative estimate of drug-likeness (QED) is 0.499. The summed E-state index contributed by atoms with van der Waals surface area (Å²) in [7, 11) is -2.87. The van der Waals surface area contributed by atoms with Crippen LogP contribution in [0, 0.1) is 0 Å². The first kappa shape index (κ1) is 19.9. The molecule has 0 saturated heterocycles. The SMILES string of the molecule is CCCOC(=O)[C@H](CCS(=O)(=O)O)NC(=O)c1ccccc1OC. The molecule has 0 aliphatic carbocycles. The van der Waals surface area contributed by atoms with E-state index in [0.717, 1.165) is 0 Å². The Labute approximate surface area is 140 Å². The molecule has 9 heteroatoms. The lowest BCUT2D eigenvalue weighted by Crippen LogP contribution is -2.43. The molecule has 134 valence electrons. The van der Waals surface area contributed by atoms with Gasteiger partial charge in [-0.2, -0.15) is 8.42 Å². The normalized spacial score (nSPS) is 12.3. The number of methoxy groups -OCH3 is 1. The number of para-hydroxylation sites is 1. The van der Waals surface area contributed by atoms with Crippen molar-refractivity contribution < 1.29 is 32.0 Å². The predicted molar refractivity (Wildman–Crippen MR) is 86.5 cm³/mol. The lowest BCUT2D eigenvalue weighted by molar-refractivity contribution is -0.146. The Morgan fingerprint density at radius 2 is 1.96 bits per heavy atom. The molecule has 0 heterocycles. The highest BCUT2D eigenvalue weighted by molar-refractivity contribution is 7.85. The topological polar surface area (TPSA) is 119 Å². The number of ether oxygens (including phenoxy) is 2. The summed E-state index contributed by atoms with van der Waals surface area (Å²) in [4.78, 5) is 24.3. The number of hydrogen-bond acceptors (Lipinski definition) is 6. The Hall–Kier alpha value is -2.13. The largest absolute Gasteiger partial charge is 0.496 e. The van der Waals surface area contributed by atoms with Crippen LogP contribution < -0.4 is 10.1 Å². The van der Waals surface area contributed by atoms with E-state index in [0.29, 0.717) is 12.2 Å². The summed E-state index contributed by atoms with van der Waals surface area (Å²) in [6.45, 7) is 1.94. The molecule has 0 aromatic heterocycles. The molecule has 1 aromatic rings. The molecule has 0 spiro atoms. The van der Waals surface area contributed by atoms with Gasteiger partial charge in [0, 0.05) is 0 Å². The average molecular weight is 359 g/mol. The second kappa shape index (κ2) is 9.24. The van der Waals surface area contributed by atoms with E-state index in [-0.39, 0.29) is 18.6 Å². The van der Waals surface area contributed by atoms with Crippen molar-refractivity contribution in [1.29, 1.82) is 0 Å². The van der Waals surface area contributed by atoms with E-state index in [9.17, 15) is 18.0 Å². The van der Waals surface area contributed by atoms with Crippen molar-refractivity contribution in [3.05, 3.63) is 29.8 Å². The van der Waals surface area contributed by atoms with E-state index >= 15 is 0 Å². The first-order valence-corrected chi connectivity index (χ1v) is 8.95. The fourth-order valence-corrected chi connectivity index (χ4v) is 2.42. The molecule has 0 saturated carbocycles. The van der Waals surface area contributed by atoms with Crippen LogP contribution in [0.2, 0.25) is 0 Å². The molecule has 0 unspecified atom stereocenters. The molecule has 1 amide bonds.